The summed E-state index contributed by atoms with van der Waals surface area (Å²) >= 11 is 7.32. The molecule has 3 aromatic rings. The second-order valence-electron chi connectivity index (χ2n) is 5.99. The summed E-state index contributed by atoms with van der Waals surface area (Å²) in [6.45, 7) is 3.88. The van der Waals surface area contributed by atoms with E-state index in [4.69, 9.17) is 11.6 Å². The van der Waals surface area contributed by atoms with E-state index in [1.165, 1.54) is 11.8 Å². The number of anilines is 1. The van der Waals surface area contributed by atoms with Gasteiger partial charge in [0.15, 0.2) is 11.0 Å². The Balaban J connectivity index is 1.71. The first-order chi connectivity index (χ1) is 12.4. The number of hydrogen-bond donors (Lipinski definition) is 1. The fourth-order valence-electron chi connectivity index (χ4n) is 2.47. The second-order valence-corrected chi connectivity index (χ2v) is 7.74. The first-order valence-electron chi connectivity index (χ1n) is 8.13. The molecule has 0 saturated carbocycles. The van der Waals surface area contributed by atoms with Crippen molar-refractivity contribution < 1.29 is 4.79 Å². The summed E-state index contributed by atoms with van der Waals surface area (Å²) in [4.78, 5) is 12.4. The highest BCUT2D eigenvalue weighted by Crippen LogP contribution is 2.27. The van der Waals surface area contributed by atoms with Gasteiger partial charge in [0.05, 0.1) is 5.25 Å². The molecule has 5 nitrogen and oxygen atoms in total. The number of amides is 1. The Bertz CT molecular complexity index is 941. The smallest absolute Gasteiger partial charge is 0.237 e. The summed E-state index contributed by atoms with van der Waals surface area (Å²) < 4.78 is 1.91. The number of aromatic nitrogens is 3. The first-order valence-corrected chi connectivity index (χ1v) is 9.39. The van der Waals surface area contributed by atoms with Gasteiger partial charge in [0.25, 0.3) is 0 Å². The number of nitrogens with one attached hydrogen (secondary N) is 1. The third kappa shape index (κ3) is 4.26. The van der Waals surface area contributed by atoms with Crippen LogP contribution in [0.1, 0.15) is 12.5 Å². The molecule has 1 aromatic heterocycles. The molecule has 0 aliphatic rings. The maximum atomic E-state index is 12.4. The molecule has 1 atom stereocenters. The molecular formula is C19H19ClN4OS. The summed E-state index contributed by atoms with van der Waals surface area (Å²) in [6, 6.07) is 15.2. The van der Waals surface area contributed by atoms with Gasteiger partial charge in [-0.1, -0.05) is 53.2 Å². The van der Waals surface area contributed by atoms with Crippen molar-refractivity contribution in [3.05, 3.63) is 59.1 Å². The van der Waals surface area contributed by atoms with Crippen molar-refractivity contribution in [3.63, 3.8) is 0 Å². The zero-order valence-electron chi connectivity index (χ0n) is 14.7. The van der Waals surface area contributed by atoms with Crippen LogP contribution in [0.5, 0.6) is 0 Å². The molecule has 1 heterocycles. The van der Waals surface area contributed by atoms with Crippen molar-refractivity contribution in [3.8, 4) is 11.4 Å². The molecule has 0 radical (unpaired) electrons. The number of rotatable bonds is 5. The number of carbonyl (C=O) groups excluding carboxylic acids is 1. The molecule has 134 valence electrons. The van der Waals surface area contributed by atoms with Gasteiger partial charge in [0, 0.05) is 23.3 Å². The van der Waals surface area contributed by atoms with E-state index in [1.807, 2.05) is 43.7 Å². The van der Waals surface area contributed by atoms with Crippen LogP contribution in [0.2, 0.25) is 5.02 Å². The molecule has 3 rings (SSSR count). The van der Waals surface area contributed by atoms with E-state index in [9.17, 15) is 4.79 Å². The van der Waals surface area contributed by atoms with E-state index < -0.39 is 0 Å². The van der Waals surface area contributed by atoms with E-state index >= 15 is 0 Å². The highest BCUT2D eigenvalue weighted by Gasteiger charge is 2.19. The highest BCUT2D eigenvalue weighted by atomic mass is 35.5. The van der Waals surface area contributed by atoms with Gasteiger partial charge in [-0.05, 0) is 38.1 Å². The Labute approximate surface area is 161 Å². The van der Waals surface area contributed by atoms with Gasteiger partial charge in [-0.2, -0.15) is 0 Å². The fraction of sp³-hybridized carbons (Fsp3) is 0.211. The summed E-state index contributed by atoms with van der Waals surface area (Å²) in [6.07, 6.45) is 0. The average Bonchev–Trinajstić information content (AvgIpc) is 2.95. The summed E-state index contributed by atoms with van der Waals surface area (Å²) in [5, 5.41) is 12.3. The zero-order chi connectivity index (χ0) is 18.7. The molecule has 0 fully saturated rings. The Kier molecular flexibility index (Phi) is 5.64. The lowest BCUT2D eigenvalue weighted by Gasteiger charge is -2.12. The summed E-state index contributed by atoms with van der Waals surface area (Å²) in [7, 11) is 1.90. The minimum Gasteiger partial charge on any atom is -0.325 e. The van der Waals surface area contributed by atoms with Crippen molar-refractivity contribution in [1.29, 1.82) is 0 Å². The topological polar surface area (TPSA) is 59.8 Å². The lowest BCUT2D eigenvalue weighted by Crippen LogP contribution is -2.22. The SMILES string of the molecule is Cc1cccc(-c2nnc(S[C@H](C)C(=O)Nc3cccc(Cl)c3)n2C)c1. The number of halogens is 1. The van der Waals surface area contributed by atoms with Crippen molar-refractivity contribution in [2.75, 3.05) is 5.32 Å². The van der Waals surface area contributed by atoms with Gasteiger partial charge < -0.3 is 9.88 Å². The number of aryl methyl sites for hydroxylation is 1. The number of thioether (sulfide) groups is 1. The van der Waals surface area contributed by atoms with Crippen molar-refractivity contribution in [2.24, 2.45) is 7.05 Å². The van der Waals surface area contributed by atoms with Crippen LogP contribution in [-0.2, 0) is 11.8 Å². The molecule has 1 amide bonds. The molecule has 0 spiro atoms. The Morgan fingerprint density at radius 3 is 2.69 bits per heavy atom. The van der Waals surface area contributed by atoms with E-state index in [1.54, 1.807) is 24.3 Å². The van der Waals surface area contributed by atoms with Gasteiger partial charge in [-0.15, -0.1) is 10.2 Å². The molecule has 26 heavy (non-hydrogen) atoms. The van der Waals surface area contributed by atoms with Crippen LogP contribution in [-0.4, -0.2) is 25.9 Å². The van der Waals surface area contributed by atoms with E-state index in [0.29, 0.717) is 15.9 Å². The van der Waals surface area contributed by atoms with Crippen LogP contribution >= 0.6 is 23.4 Å². The van der Waals surface area contributed by atoms with Crippen LogP contribution in [0.15, 0.2) is 53.7 Å². The van der Waals surface area contributed by atoms with E-state index in [2.05, 4.69) is 21.6 Å². The van der Waals surface area contributed by atoms with Crippen LogP contribution in [0.3, 0.4) is 0 Å². The lowest BCUT2D eigenvalue weighted by atomic mass is 10.1. The number of carbonyl (C=O) groups is 1. The van der Waals surface area contributed by atoms with Crippen LogP contribution < -0.4 is 5.32 Å². The van der Waals surface area contributed by atoms with Crippen LogP contribution in [0.4, 0.5) is 5.69 Å². The van der Waals surface area contributed by atoms with Gasteiger partial charge in [-0.3, -0.25) is 4.79 Å². The molecule has 0 aliphatic carbocycles. The number of nitrogens with zero attached hydrogens (tertiary/aromatic N) is 3. The maximum absolute atomic E-state index is 12.4. The van der Waals surface area contributed by atoms with Gasteiger partial charge in [-0.25, -0.2) is 0 Å². The largest absolute Gasteiger partial charge is 0.325 e. The van der Waals surface area contributed by atoms with Crippen molar-refractivity contribution in [2.45, 2.75) is 24.3 Å². The predicted octanol–water partition coefficient (Wildman–Crippen LogP) is 4.56. The summed E-state index contributed by atoms with van der Waals surface area (Å²) in [5.74, 6) is 0.663. The number of benzene rings is 2. The van der Waals surface area contributed by atoms with Crippen molar-refractivity contribution >= 4 is 35.0 Å². The first kappa shape index (κ1) is 18.5. The van der Waals surface area contributed by atoms with Crippen LogP contribution in [0.25, 0.3) is 11.4 Å². The van der Waals surface area contributed by atoms with Gasteiger partial charge >= 0.3 is 0 Å². The minimum atomic E-state index is -0.331. The lowest BCUT2D eigenvalue weighted by molar-refractivity contribution is -0.115. The monoisotopic (exact) mass is 386 g/mol. The Morgan fingerprint density at radius 1 is 1.19 bits per heavy atom. The van der Waals surface area contributed by atoms with Crippen LogP contribution in [0, 0.1) is 6.92 Å². The standard InChI is InChI=1S/C19H19ClN4OS/c1-12-6-4-7-14(10-12)17-22-23-19(24(17)3)26-13(2)18(25)21-16-9-5-8-15(20)11-16/h4-11,13H,1-3H3,(H,21,25)/t13-/m1/s1. The molecule has 1 N–H and O–H groups in total. The van der Waals surface area contributed by atoms with Crippen molar-refractivity contribution in [1.82, 2.24) is 14.8 Å². The molecule has 0 unspecified atom stereocenters. The second kappa shape index (κ2) is 7.93. The normalized spacial score (nSPS) is 12.0. The van der Waals surface area contributed by atoms with E-state index in [-0.39, 0.29) is 11.2 Å². The highest BCUT2D eigenvalue weighted by molar-refractivity contribution is 8.00. The quantitative estimate of drug-likeness (QED) is 0.653. The minimum absolute atomic E-state index is 0.114. The predicted molar refractivity (Wildman–Crippen MR) is 107 cm³/mol. The molecular weight excluding hydrogens is 368 g/mol. The molecule has 0 aliphatic heterocycles. The third-order valence-electron chi connectivity index (χ3n) is 3.85. The van der Waals surface area contributed by atoms with Gasteiger partial charge in [0.2, 0.25) is 5.91 Å². The fourth-order valence-corrected chi connectivity index (χ4v) is 3.48. The average molecular weight is 387 g/mol. The Hall–Kier alpha value is -2.31. The molecule has 7 heteroatoms. The Morgan fingerprint density at radius 2 is 1.96 bits per heavy atom. The summed E-state index contributed by atoms with van der Waals surface area (Å²) in [5.41, 5.74) is 2.84. The number of hydrogen-bond acceptors (Lipinski definition) is 4. The maximum Gasteiger partial charge on any atom is 0.237 e. The van der Waals surface area contributed by atoms with Gasteiger partial charge in [0.1, 0.15) is 0 Å². The zero-order valence-corrected chi connectivity index (χ0v) is 16.3. The molecule has 0 saturated heterocycles. The van der Waals surface area contributed by atoms with E-state index in [0.717, 1.165) is 17.0 Å². The molecule has 2 aromatic carbocycles. The molecule has 0 bridgehead atoms. The third-order valence-corrected chi connectivity index (χ3v) is 5.22.